The molecular formula is C52H35N3. The summed E-state index contributed by atoms with van der Waals surface area (Å²) in [5.41, 5.74) is 15.4. The zero-order valence-corrected chi connectivity index (χ0v) is 30.0. The van der Waals surface area contributed by atoms with Crippen LogP contribution in [0, 0.1) is 0 Å². The highest BCUT2D eigenvalue weighted by Crippen LogP contribution is 2.39. The minimum atomic E-state index is 0.690. The zero-order chi connectivity index (χ0) is 36.6. The van der Waals surface area contributed by atoms with E-state index in [0.717, 1.165) is 55.6 Å². The van der Waals surface area contributed by atoms with E-state index < -0.39 is 0 Å². The molecule has 0 saturated carbocycles. The second kappa shape index (κ2) is 13.9. The second-order valence-corrected chi connectivity index (χ2v) is 13.8. The predicted octanol–water partition coefficient (Wildman–Crippen LogP) is 13.6. The summed E-state index contributed by atoms with van der Waals surface area (Å²) in [4.78, 5) is 10.7. The van der Waals surface area contributed by atoms with Gasteiger partial charge in [0.25, 0.3) is 0 Å². The first kappa shape index (κ1) is 32.3. The molecule has 3 nitrogen and oxygen atoms in total. The van der Waals surface area contributed by atoms with E-state index in [9.17, 15) is 0 Å². The highest BCUT2D eigenvalue weighted by molar-refractivity contribution is 6.14. The summed E-state index contributed by atoms with van der Waals surface area (Å²) in [7, 11) is 0. The van der Waals surface area contributed by atoms with E-state index in [4.69, 9.17) is 9.97 Å². The van der Waals surface area contributed by atoms with E-state index in [-0.39, 0.29) is 0 Å². The smallest absolute Gasteiger partial charge is 0.162 e. The van der Waals surface area contributed by atoms with Crippen molar-refractivity contribution >= 4 is 21.9 Å². The topological polar surface area (TPSA) is 30.7 Å². The number of para-hydroxylation sites is 2. The van der Waals surface area contributed by atoms with Gasteiger partial charge in [-0.25, -0.2) is 9.97 Å². The number of benzene rings is 8. The average Bonchev–Trinajstić information content (AvgIpc) is 3.61. The number of nitrogens with zero attached hydrogens (tertiary/aromatic N) is 3. The Morgan fingerprint density at radius 1 is 0.309 bits per heavy atom. The zero-order valence-electron chi connectivity index (χ0n) is 30.0. The number of hydrogen-bond donors (Lipinski definition) is 0. The molecule has 0 amide bonds. The summed E-state index contributed by atoms with van der Waals surface area (Å²) in [6.45, 7) is 0. The first-order valence-corrected chi connectivity index (χ1v) is 18.7. The molecule has 0 aliphatic carbocycles. The summed E-state index contributed by atoms with van der Waals surface area (Å²) in [6, 6.07) is 75.1. The predicted molar refractivity (Wildman–Crippen MR) is 229 cm³/mol. The summed E-state index contributed by atoms with van der Waals surface area (Å²) in [6.07, 6.45) is 0. The molecule has 0 spiro atoms. The molecular weight excluding hydrogens is 667 g/mol. The normalized spacial score (nSPS) is 11.3. The Balaban J connectivity index is 1.06. The van der Waals surface area contributed by atoms with Crippen molar-refractivity contribution in [1.29, 1.82) is 0 Å². The van der Waals surface area contributed by atoms with Gasteiger partial charge in [0.05, 0.1) is 16.6 Å². The van der Waals surface area contributed by atoms with Crippen LogP contribution in [0.15, 0.2) is 212 Å². The van der Waals surface area contributed by atoms with Crippen LogP contribution in [-0.2, 0) is 0 Å². The fraction of sp³-hybridized carbons (Fsp3) is 0. The lowest BCUT2D eigenvalue weighted by Gasteiger charge is -2.12. The van der Waals surface area contributed by atoms with E-state index in [0.29, 0.717) is 5.82 Å². The molecule has 0 fully saturated rings. The largest absolute Gasteiger partial charge is 0.294 e. The molecule has 3 heteroatoms. The van der Waals surface area contributed by atoms with Crippen LogP contribution in [0.3, 0.4) is 0 Å². The van der Waals surface area contributed by atoms with Gasteiger partial charge in [0, 0.05) is 22.2 Å². The summed E-state index contributed by atoms with van der Waals surface area (Å²) >= 11 is 0. The third kappa shape index (κ3) is 6.08. The Morgan fingerprint density at radius 2 is 0.709 bits per heavy atom. The fourth-order valence-corrected chi connectivity index (χ4v) is 7.73. The average molecular weight is 702 g/mol. The molecule has 0 bridgehead atoms. The molecule has 0 radical (unpaired) electrons. The number of rotatable bonds is 7. The third-order valence-electron chi connectivity index (χ3n) is 10.4. The molecule has 0 saturated heterocycles. The quantitative estimate of drug-likeness (QED) is 0.166. The van der Waals surface area contributed by atoms with Crippen molar-refractivity contribution in [3.63, 3.8) is 0 Å². The molecule has 8 aromatic carbocycles. The lowest BCUT2D eigenvalue weighted by molar-refractivity contribution is 1.11. The molecule has 0 N–H and O–H groups in total. The standard InChI is InChI=1S/C52H35N3/c1-4-16-36(17-5-1)38-20-12-21-39(32-38)40-22-13-23-41(33-40)42-24-14-25-43(34-42)44-26-15-27-45(35-44)51-53-50(37-18-6-2-7-19-37)49-47-30-10-11-31-48(47)55(52(49)54-51)46-28-8-3-9-29-46/h1-35H. The maximum atomic E-state index is 5.36. The van der Waals surface area contributed by atoms with Crippen molar-refractivity contribution in [2.24, 2.45) is 0 Å². The lowest BCUT2D eigenvalue weighted by Crippen LogP contribution is -1.99. The monoisotopic (exact) mass is 701 g/mol. The Bertz CT molecular complexity index is 2960. The van der Waals surface area contributed by atoms with Gasteiger partial charge in [0.15, 0.2) is 5.82 Å². The van der Waals surface area contributed by atoms with Crippen LogP contribution in [-0.4, -0.2) is 14.5 Å². The Kier molecular flexibility index (Phi) is 8.16. The van der Waals surface area contributed by atoms with Gasteiger partial charge in [0.2, 0.25) is 0 Å². The van der Waals surface area contributed by atoms with Crippen molar-refractivity contribution in [3.05, 3.63) is 212 Å². The van der Waals surface area contributed by atoms with Crippen LogP contribution in [0.5, 0.6) is 0 Å². The van der Waals surface area contributed by atoms with Crippen molar-refractivity contribution in [1.82, 2.24) is 14.5 Å². The van der Waals surface area contributed by atoms with Gasteiger partial charge in [-0.05, 0) is 87.0 Å². The van der Waals surface area contributed by atoms with E-state index in [1.165, 1.54) is 33.4 Å². The molecule has 0 aliphatic rings. The second-order valence-electron chi connectivity index (χ2n) is 13.8. The van der Waals surface area contributed by atoms with Gasteiger partial charge < -0.3 is 0 Å². The molecule has 55 heavy (non-hydrogen) atoms. The maximum absolute atomic E-state index is 5.36. The first-order chi connectivity index (χ1) is 27.3. The molecule has 0 atom stereocenters. The van der Waals surface area contributed by atoms with Crippen LogP contribution >= 0.6 is 0 Å². The molecule has 10 aromatic rings. The minimum Gasteiger partial charge on any atom is -0.294 e. The van der Waals surface area contributed by atoms with Gasteiger partial charge in [-0.1, -0.05) is 170 Å². The van der Waals surface area contributed by atoms with Crippen LogP contribution in [0.2, 0.25) is 0 Å². The SMILES string of the molecule is c1ccc(-c2cccc(-c3cccc(-c4cccc(-c5cccc(-c6nc(-c7ccccc7)c7c8ccccc8n(-c8ccccc8)c7n6)c5)c4)c3)c2)cc1. The highest BCUT2D eigenvalue weighted by Gasteiger charge is 2.21. The van der Waals surface area contributed by atoms with Gasteiger partial charge in [-0.3, -0.25) is 4.57 Å². The third-order valence-corrected chi connectivity index (χ3v) is 10.4. The van der Waals surface area contributed by atoms with Crippen molar-refractivity contribution in [3.8, 4) is 72.8 Å². The fourth-order valence-electron chi connectivity index (χ4n) is 7.73. The molecule has 2 heterocycles. The van der Waals surface area contributed by atoms with Crippen molar-refractivity contribution in [2.45, 2.75) is 0 Å². The molecule has 0 unspecified atom stereocenters. The van der Waals surface area contributed by atoms with E-state index in [1.54, 1.807) is 0 Å². The highest BCUT2D eigenvalue weighted by atomic mass is 15.1. The Hall–Kier alpha value is -7.36. The molecule has 10 rings (SSSR count). The van der Waals surface area contributed by atoms with Gasteiger partial charge in [-0.15, -0.1) is 0 Å². The van der Waals surface area contributed by atoms with E-state index in [2.05, 4.69) is 211 Å². The van der Waals surface area contributed by atoms with Crippen LogP contribution in [0.1, 0.15) is 0 Å². The summed E-state index contributed by atoms with van der Waals surface area (Å²) < 4.78 is 2.27. The van der Waals surface area contributed by atoms with Crippen LogP contribution in [0.4, 0.5) is 0 Å². The molecule has 2 aromatic heterocycles. The molecule has 0 aliphatic heterocycles. The maximum Gasteiger partial charge on any atom is 0.162 e. The van der Waals surface area contributed by atoms with Crippen molar-refractivity contribution < 1.29 is 0 Å². The first-order valence-electron chi connectivity index (χ1n) is 18.7. The Labute approximate surface area is 320 Å². The van der Waals surface area contributed by atoms with Gasteiger partial charge >= 0.3 is 0 Å². The minimum absolute atomic E-state index is 0.690. The van der Waals surface area contributed by atoms with Crippen molar-refractivity contribution in [2.75, 3.05) is 0 Å². The molecule has 258 valence electrons. The summed E-state index contributed by atoms with van der Waals surface area (Å²) in [5.74, 6) is 0.690. The van der Waals surface area contributed by atoms with Gasteiger partial charge in [0.1, 0.15) is 5.65 Å². The van der Waals surface area contributed by atoms with E-state index in [1.807, 2.05) is 6.07 Å². The number of aromatic nitrogens is 3. The van der Waals surface area contributed by atoms with Crippen LogP contribution in [0.25, 0.3) is 94.8 Å². The van der Waals surface area contributed by atoms with E-state index >= 15 is 0 Å². The summed E-state index contributed by atoms with van der Waals surface area (Å²) in [5, 5.41) is 2.18. The Morgan fingerprint density at radius 3 is 1.25 bits per heavy atom. The lowest BCUT2D eigenvalue weighted by atomic mass is 9.94. The number of fused-ring (bicyclic) bond motifs is 3. The van der Waals surface area contributed by atoms with Gasteiger partial charge in [-0.2, -0.15) is 0 Å². The number of hydrogen-bond acceptors (Lipinski definition) is 2. The van der Waals surface area contributed by atoms with Crippen LogP contribution < -0.4 is 0 Å².